The predicted octanol–water partition coefficient (Wildman–Crippen LogP) is 2.73. The number of benzene rings is 1. The molecule has 0 aromatic heterocycles. The van der Waals surface area contributed by atoms with Gasteiger partial charge in [-0.25, -0.2) is 0 Å². The van der Waals surface area contributed by atoms with Gasteiger partial charge in [-0.3, -0.25) is 9.80 Å². The minimum Gasteiger partial charge on any atom is -0.305 e. The van der Waals surface area contributed by atoms with Crippen molar-refractivity contribution in [1.82, 2.24) is 14.7 Å². The maximum atomic E-state index is 2.72. The SMILES string of the molecule is CN1CCC(N2CCc3cc(CN4CCCCC4)ccc3C2)C1. The number of hydrogen-bond acceptors (Lipinski definition) is 3. The van der Waals surface area contributed by atoms with E-state index >= 15 is 0 Å². The summed E-state index contributed by atoms with van der Waals surface area (Å²) in [6, 6.07) is 8.08. The molecule has 3 aliphatic rings. The van der Waals surface area contributed by atoms with Crippen molar-refractivity contribution in [2.75, 3.05) is 39.8 Å². The number of likely N-dealkylation sites (N-methyl/N-ethyl adjacent to an activating group) is 1. The lowest BCUT2D eigenvalue weighted by molar-refractivity contribution is 0.180. The Morgan fingerprint density at radius 3 is 2.65 bits per heavy atom. The van der Waals surface area contributed by atoms with Gasteiger partial charge in [0.05, 0.1) is 0 Å². The fourth-order valence-corrected chi connectivity index (χ4v) is 4.62. The molecule has 3 nitrogen and oxygen atoms in total. The van der Waals surface area contributed by atoms with Crippen LogP contribution < -0.4 is 0 Å². The van der Waals surface area contributed by atoms with Crippen molar-refractivity contribution < 1.29 is 0 Å². The van der Waals surface area contributed by atoms with Crippen LogP contribution in [0.4, 0.5) is 0 Å². The average molecular weight is 313 g/mol. The maximum Gasteiger partial charge on any atom is 0.0240 e. The Balaban J connectivity index is 1.40. The molecule has 0 amide bonds. The first-order valence-electron chi connectivity index (χ1n) is 9.53. The van der Waals surface area contributed by atoms with Crippen LogP contribution in [0.3, 0.4) is 0 Å². The summed E-state index contributed by atoms with van der Waals surface area (Å²) in [4.78, 5) is 7.83. The lowest BCUT2D eigenvalue weighted by atomic mass is 9.95. The molecule has 2 fully saturated rings. The van der Waals surface area contributed by atoms with Crippen LogP contribution in [0, 0.1) is 0 Å². The van der Waals surface area contributed by atoms with Gasteiger partial charge in [0.25, 0.3) is 0 Å². The van der Waals surface area contributed by atoms with Gasteiger partial charge < -0.3 is 4.90 Å². The third-order valence-corrected chi connectivity index (χ3v) is 6.05. The van der Waals surface area contributed by atoms with Crippen LogP contribution in [-0.4, -0.2) is 60.5 Å². The van der Waals surface area contributed by atoms with Gasteiger partial charge in [0.15, 0.2) is 0 Å². The highest BCUT2D eigenvalue weighted by Gasteiger charge is 2.28. The van der Waals surface area contributed by atoms with Crippen LogP contribution >= 0.6 is 0 Å². The van der Waals surface area contributed by atoms with E-state index in [0.29, 0.717) is 0 Å². The van der Waals surface area contributed by atoms with E-state index in [1.54, 1.807) is 11.1 Å². The molecular weight excluding hydrogens is 282 g/mol. The minimum atomic E-state index is 0.779. The van der Waals surface area contributed by atoms with E-state index in [4.69, 9.17) is 0 Å². The van der Waals surface area contributed by atoms with Crippen molar-refractivity contribution in [3.8, 4) is 0 Å². The summed E-state index contributed by atoms with van der Waals surface area (Å²) < 4.78 is 0. The molecule has 0 spiro atoms. The van der Waals surface area contributed by atoms with E-state index in [2.05, 4.69) is 39.9 Å². The fourth-order valence-electron chi connectivity index (χ4n) is 4.62. The first-order chi connectivity index (χ1) is 11.3. The third-order valence-electron chi connectivity index (χ3n) is 6.05. The van der Waals surface area contributed by atoms with Crippen molar-refractivity contribution in [2.24, 2.45) is 0 Å². The van der Waals surface area contributed by atoms with E-state index in [-0.39, 0.29) is 0 Å². The largest absolute Gasteiger partial charge is 0.305 e. The third kappa shape index (κ3) is 3.62. The number of piperidine rings is 1. The van der Waals surface area contributed by atoms with Gasteiger partial charge in [0, 0.05) is 32.2 Å². The van der Waals surface area contributed by atoms with Gasteiger partial charge in [0.2, 0.25) is 0 Å². The van der Waals surface area contributed by atoms with Crippen LogP contribution in [0.25, 0.3) is 0 Å². The molecule has 1 aromatic carbocycles. The molecule has 3 heteroatoms. The Morgan fingerprint density at radius 2 is 1.87 bits per heavy atom. The number of fused-ring (bicyclic) bond motifs is 1. The van der Waals surface area contributed by atoms with E-state index in [0.717, 1.165) is 19.1 Å². The molecular formula is C20H31N3. The summed E-state index contributed by atoms with van der Waals surface area (Å²) in [5.41, 5.74) is 4.72. The Labute approximate surface area is 141 Å². The molecule has 0 radical (unpaired) electrons. The molecule has 0 bridgehead atoms. The van der Waals surface area contributed by atoms with Gasteiger partial charge in [-0.1, -0.05) is 24.6 Å². The smallest absolute Gasteiger partial charge is 0.0240 e. The lowest BCUT2D eigenvalue weighted by Gasteiger charge is -2.34. The van der Waals surface area contributed by atoms with Crippen molar-refractivity contribution in [2.45, 2.75) is 51.2 Å². The highest BCUT2D eigenvalue weighted by molar-refractivity contribution is 5.34. The van der Waals surface area contributed by atoms with Crippen molar-refractivity contribution >= 4 is 0 Å². The quantitative estimate of drug-likeness (QED) is 0.849. The average Bonchev–Trinajstić information content (AvgIpc) is 3.02. The molecule has 3 aliphatic heterocycles. The summed E-state index contributed by atoms with van der Waals surface area (Å²) in [6.45, 7) is 8.67. The number of nitrogens with zero attached hydrogens (tertiary/aromatic N) is 3. The lowest BCUT2D eigenvalue weighted by Crippen LogP contribution is -2.40. The highest BCUT2D eigenvalue weighted by atomic mass is 15.2. The second-order valence-corrected chi connectivity index (χ2v) is 7.87. The second-order valence-electron chi connectivity index (χ2n) is 7.87. The molecule has 1 unspecified atom stereocenters. The standard InChI is InChI=1S/C20H31N3/c1-21-11-8-20(16-21)23-12-7-18-13-17(5-6-19(18)15-23)14-22-9-3-2-4-10-22/h5-6,13,20H,2-4,7-12,14-16H2,1H3. The highest BCUT2D eigenvalue weighted by Crippen LogP contribution is 2.25. The molecule has 3 heterocycles. The summed E-state index contributed by atoms with van der Waals surface area (Å²) >= 11 is 0. The van der Waals surface area contributed by atoms with Gasteiger partial charge in [-0.2, -0.15) is 0 Å². The molecule has 0 N–H and O–H groups in total. The molecule has 1 atom stereocenters. The molecule has 126 valence electrons. The zero-order valence-corrected chi connectivity index (χ0v) is 14.6. The van der Waals surface area contributed by atoms with Crippen LogP contribution in [0.5, 0.6) is 0 Å². The molecule has 2 saturated heterocycles. The summed E-state index contributed by atoms with van der Waals surface area (Å²) in [6.07, 6.45) is 6.78. The minimum absolute atomic E-state index is 0.779. The van der Waals surface area contributed by atoms with Crippen LogP contribution in [0.2, 0.25) is 0 Å². The Bertz CT molecular complexity index is 536. The first kappa shape index (κ1) is 15.6. The topological polar surface area (TPSA) is 9.72 Å². The normalized spacial score (nSPS) is 27.3. The van der Waals surface area contributed by atoms with Crippen molar-refractivity contribution in [1.29, 1.82) is 0 Å². The van der Waals surface area contributed by atoms with Gasteiger partial charge in [-0.05, 0) is 69.1 Å². The van der Waals surface area contributed by atoms with E-state index < -0.39 is 0 Å². The first-order valence-corrected chi connectivity index (χ1v) is 9.53. The van der Waals surface area contributed by atoms with Crippen LogP contribution in [0.15, 0.2) is 18.2 Å². The number of hydrogen-bond donors (Lipinski definition) is 0. The van der Waals surface area contributed by atoms with Crippen LogP contribution in [-0.2, 0) is 19.5 Å². The maximum absolute atomic E-state index is 2.72. The van der Waals surface area contributed by atoms with Crippen LogP contribution in [0.1, 0.15) is 42.4 Å². The zero-order chi connectivity index (χ0) is 15.6. The van der Waals surface area contributed by atoms with E-state index in [1.807, 2.05) is 0 Å². The molecule has 0 saturated carbocycles. The van der Waals surface area contributed by atoms with Crippen molar-refractivity contribution in [3.63, 3.8) is 0 Å². The number of likely N-dealkylation sites (tertiary alicyclic amines) is 2. The van der Waals surface area contributed by atoms with E-state index in [1.165, 1.54) is 70.4 Å². The zero-order valence-electron chi connectivity index (χ0n) is 14.6. The Morgan fingerprint density at radius 1 is 1.00 bits per heavy atom. The Hall–Kier alpha value is -0.900. The molecule has 0 aliphatic carbocycles. The molecule has 4 rings (SSSR count). The molecule has 23 heavy (non-hydrogen) atoms. The van der Waals surface area contributed by atoms with Crippen molar-refractivity contribution in [3.05, 3.63) is 34.9 Å². The van der Waals surface area contributed by atoms with Gasteiger partial charge in [0.1, 0.15) is 0 Å². The Kier molecular flexibility index (Phi) is 4.70. The second kappa shape index (κ2) is 6.92. The molecule has 1 aromatic rings. The van der Waals surface area contributed by atoms with Gasteiger partial charge >= 0.3 is 0 Å². The summed E-state index contributed by atoms with van der Waals surface area (Å²) in [7, 11) is 2.25. The summed E-state index contributed by atoms with van der Waals surface area (Å²) in [5, 5.41) is 0. The predicted molar refractivity (Wildman–Crippen MR) is 95.6 cm³/mol. The summed E-state index contributed by atoms with van der Waals surface area (Å²) in [5.74, 6) is 0. The van der Waals surface area contributed by atoms with E-state index in [9.17, 15) is 0 Å². The number of rotatable bonds is 3. The fraction of sp³-hybridized carbons (Fsp3) is 0.700. The van der Waals surface area contributed by atoms with Gasteiger partial charge in [-0.15, -0.1) is 0 Å². The monoisotopic (exact) mass is 313 g/mol.